The van der Waals surface area contributed by atoms with E-state index in [1.807, 2.05) is 0 Å². The van der Waals surface area contributed by atoms with Crippen molar-refractivity contribution < 1.29 is 53.4 Å². The highest BCUT2D eigenvalue weighted by molar-refractivity contribution is 6.40. The number of hydrogen-bond acceptors (Lipinski definition) is 17. The molecule has 0 aliphatic carbocycles. The summed E-state index contributed by atoms with van der Waals surface area (Å²) >= 11 is 0. The minimum atomic E-state index is -1.57. The Kier molecular flexibility index (Phi) is 28.7. The maximum Gasteiger partial charge on any atom is 0.352 e. The predicted molar refractivity (Wildman–Crippen MR) is 267 cm³/mol. The number of aliphatic hydroxyl groups is 1. The van der Waals surface area contributed by atoms with Crippen molar-refractivity contribution in [3.05, 3.63) is 30.0 Å². The molecule has 1 aromatic heterocycles. The number of likely N-dealkylation sites (tertiary alicyclic amines) is 1. The van der Waals surface area contributed by atoms with E-state index < -0.39 is 114 Å². The van der Waals surface area contributed by atoms with Gasteiger partial charge in [0, 0.05) is 37.9 Å². The molecule has 1 fully saturated rings. The van der Waals surface area contributed by atoms with E-state index in [9.17, 15) is 53.4 Å². The fourth-order valence-electron chi connectivity index (χ4n) is 7.33. The second-order valence-electron chi connectivity index (χ2n) is 17.1. The third-order valence-corrected chi connectivity index (χ3v) is 11.4. The third kappa shape index (κ3) is 22.2. The number of imidazole rings is 1. The smallest absolute Gasteiger partial charge is 0.352 e. The Hall–Kier alpha value is -6.92. The molecule has 1 aliphatic rings. The third-order valence-electron chi connectivity index (χ3n) is 11.4. The van der Waals surface area contributed by atoms with Gasteiger partial charge in [-0.15, -0.1) is 0 Å². The van der Waals surface area contributed by atoms with Crippen LogP contribution >= 0.6 is 0 Å². The summed E-state index contributed by atoms with van der Waals surface area (Å²) < 4.78 is 0. The molecule has 1 aliphatic heterocycles. The van der Waals surface area contributed by atoms with Crippen molar-refractivity contribution in [2.45, 2.75) is 133 Å². The summed E-state index contributed by atoms with van der Waals surface area (Å²) in [6.07, 6.45) is 5.29. The van der Waals surface area contributed by atoms with Crippen LogP contribution in [-0.2, 0) is 49.6 Å². The molecule has 0 unspecified atom stereocenters. The Bertz CT molecular complexity index is 2080. The van der Waals surface area contributed by atoms with Gasteiger partial charge in [-0.25, -0.2) is 14.8 Å². The van der Waals surface area contributed by atoms with Crippen molar-refractivity contribution in [1.82, 2.24) is 46.8 Å². The molecule has 29 nitrogen and oxygen atoms in total. The van der Waals surface area contributed by atoms with E-state index in [0.29, 0.717) is 44.3 Å². The minimum Gasteiger partial charge on any atom is -0.477 e. The number of amides is 8. The van der Waals surface area contributed by atoms with Gasteiger partial charge in [-0.3, -0.25) is 43.3 Å². The number of nitrogens with two attached hydrogens (primary N) is 7. The number of H-pyrrole nitrogens is 1. The van der Waals surface area contributed by atoms with Crippen LogP contribution in [0.4, 0.5) is 0 Å². The Morgan fingerprint density at radius 2 is 1.52 bits per heavy atom. The zero-order valence-electron chi connectivity index (χ0n) is 41.3. The van der Waals surface area contributed by atoms with E-state index >= 15 is 0 Å². The summed E-state index contributed by atoms with van der Waals surface area (Å²) in [6, 6.07) is -7.64. The van der Waals surface area contributed by atoms with Gasteiger partial charge in [0.25, 0.3) is 11.8 Å². The van der Waals surface area contributed by atoms with Crippen molar-refractivity contribution in [1.29, 1.82) is 0 Å². The number of aromatic nitrogens is 2. The molecule has 23 N–H and O–H groups in total. The summed E-state index contributed by atoms with van der Waals surface area (Å²) in [4.78, 5) is 136. The van der Waals surface area contributed by atoms with Crippen LogP contribution in [-0.4, -0.2) is 178 Å². The number of nitrogens with one attached hydrogen (secondary N) is 7. The zero-order chi connectivity index (χ0) is 54.5. The van der Waals surface area contributed by atoms with Crippen LogP contribution in [0.5, 0.6) is 0 Å². The SMILES string of the molecule is CC[C@H](NC(=O)[C@@H](NC(=O)[C@@H](N)CCCCN)[C@@H](O)CN)C(=O)NCC(=O)N=C(CCCN)C(=O)N1CCC[C@H]1C(=O)N[C@@H](Cc1cnc[nH]1)C(=O)N[C@@H](CCCCN)C(=O)N/C(=C\CCN=C(N)N)C(=O)O. The molecule has 1 aromatic rings. The van der Waals surface area contributed by atoms with Gasteiger partial charge in [-0.1, -0.05) is 19.4 Å². The van der Waals surface area contributed by atoms with E-state index in [1.165, 1.54) is 23.5 Å². The van der Waals surface area contributed by atoms with Crippen LogP contribution in [0.1, 0.15) is 89.7 Å². The Morgan fingerprint density at radius 1 is 0.849 bits per heavy atom. The molecule has 0 aromatic carbocycles. The van der Waals surface area contributed by atoms with E-state index in [4.69, 9.17) is 40.1 Å². The summed E-state index contributed by atoms with van der Waals surface area (Å²) in [5, 5.41) is 35.1. The molecule has 29 heteroatoms. The van der Waals surface area contributed by atoms with Gasteiger partial charge >= 0.3 is 5.97 Å². The number of hydrogen-bond donors (Lipinski definition) is 16. The van der Waals surface area contributed by atoms with Crippen LogP contribution in [0, 0.1) is 0 Å². The summed E-state index contributed by atoms with van der Waals surface area (Å²) in [5.41, 5.74) is 38.8. The van der Waals surface area contributed by atoms with Crippen LogP contribution in [0.3, 0.4) is 0 Å². The highest BCUT2D eigenvalue weighted by Gasteiger charge is 2.39. The van der Waals surface area contributed by atoms with Crippen LogP contribution in [0.2, 0.25) is 0 Å². The van der Waals surface area contributed by atoms with Gasteiger partial charge in [0.1, 0.15) is 41.6 Å². The maximum absolute atomic E-state index is 14.1. The van der Waals surface area contributed by atoms with E-state index in [-0.39, 0.29) is 89.2 Å². The minimum absolute atomic E-state index is 0.00959. The van der Waals surface area contributed by atoms with Gasteiger partial charge in [0.2, 0.25) is 35.4 Å². The first-order valence-corrected chi connectivity index (χ1v) is 24.2. The molecule has 408 valence electrons. The summed E-state index contributed by atoms with van der Waals surface area (Å²) in [6.45, 7) is 1.29. The highest BCUT2D eigenvalue weighted by Crippen LogP contribution is 2.20. The predicted octanol–water partition coefficient (Wildman–Crippen LogP) is -6.23. The zero-order valence-corrected chi connectivity index (χ0v) is 41.3. The average Bonchev–Trinajstić information content (AvgIpc) is 4.08. The van der Waals surface area contributed by atoms with Crippen molar-refractivity contribution in [2.75, 3.05) is 45.8 Å². The Morgan fingerprint density at radius 3 is 2.12 bits per heavy atom. The number of carbonyl (C=O) groups is 9. The lowest BCUT2D eigenvalue weighted by molar-refractivity contribution is -0.137. The van der Waals surface area contributed by atoms with Gasteiger partial charge in [0.15, 0.2) is 5.96 Å². The number of aliphatic imine (C=N–C) groups is 2. The standard InChI is InChI=1S/C44H76N18O11/c1-2-27(57-41(70)35(33(63)21-48)61-36(65)26(49)10-3-5-15-45)37(66)54-23-34(64)56-29(12-7-17-47)42(71)62-19-9-14-32(62)40(69)60-31(20-25-22-52-24-55-25)39(68)58-28(11-4-6-16-46)38(67)59-30(43(72)73)13-8-18-53-44(50)51/h13,22,24,26-28,31-33,35,63H,2-12,14-21,23,45-49H2,1H3,(H,52,55)(H,54,66)(H,57,70)(H,58,68)(H,59,67)(H,60,69)(H,61,65)(H,72,73)(H4,50,51,53)/b30-13-,56-29?/t26-,27-,28-,31-,32-,33-,35-/m0/s1. The lowest BCUT2D eigenvalue weighted by Gasteiger charge is -2.27. The number of carbonyl (C=O) groups excluding carboxylic acids is 8. The molecular formula is C44H76N18O11. The molecule has 0 bridgehead atoms. The van der Waals surface area contributed by atoms with E-state index in [0.717, 1.165) is 0 Å². The van der Waals surface area contributed by atoms with Crippen molar-refractivity contribution in [3.63, 3.8) is 0 Å². The average molecular weight is 1030 g/mol. The van der Waals surface area contributed by atoms with E-state index in [1.54, 1.807) is 6.92 Å². The second-order valence-corrected chi connectivity index (χ2v) is 17.1. The molecule has 0 spiro atoms. The van der Waals surface area contributed by atoms with Crippen LogP contribution < -0.4 is 72.0 Å². The Labute approximate surface area is 422 Å². The van der Waals surface area contributed by atoms with Crippen LogP contribution in [0.15, 0.2) is 34.3 Å². The molecule has 7 atom stereocenters. The first-order chi connectivity index (χ1) is 34.8. The number of carboxylic acids is 1. The van der Waals surface area contributed by atoms with Gasteiger partial charge in [0.05, 0.1) is 25.0 Å². The number of rotatable bonds is 34. The van der Waals surface area contributed by atoms with Gasteiger partial charge in [-0.2, -0.15) is 0 Å². The number of unbranched alkanes of at least 4 members (excludes halogenated alkanes) is 2. The maximum atomic E-state index is 14.1. The van der Waals surface area contributed by atoms with Gasteiger partial charge < -0.3 is 92.1 Å². The second kappa shape index (κ2) is 33.7. The molecule has 73 heavy (non-hydrogen) atoms. The first kappa shape index (κ1) is 62.2. The van der Waals surface area contributed by atoms with Crippen molar-refractivity contribution >= 4 is 64.9 Å². The number of aliphatic carboxylic acids is 1. The van der Waals surface area contributed by atoms with Crippen molar-refractivity contribution in [3.8, 4) is 0 Å². The van der Waals surface area contributed by atoms with Crippen LogP contribution in [0.25, 0.3) is 0 Å². The molecule has 0 radical (unpaired) electrons. The normalized spacial score (nSPS) is 16.2. The molecule has 0 saturated carbocycles. The molecular weight excluding hydrogens is 957 g/mol. The highest BCUT2D eigenvalue weighted by atomic mass is 16.4. The van der Waals surface area contributed by atoms with E-state index in [2.05, 4.69) is 51.9 Å². The lowest BCUT2D eigenvalue weighted by atomic mass is 10.1. The molecule has 2 rings (SSSR count). The molecule has 8 amide bonds. The monoisotopic (exact) mass is 1030 g/mol. The molecule has 1 saturated heterocycles. The summed E-state index contributed by atoms with van der Waals surface area (Å²) in [7, 11) is 0. The molecule has 2 heterocycles. The van der Waals surface area contributed by atoms with Gasteiger partial charge in [-0.05, 0) is 90.3 Å². The largest absolute Gasteiger partial charge is 0.477 e. The quantitative estimate of drug-likeness (QED) is 0.0132. The fraction of sp³-hybridized carbons (Fsp3) is 0.636. The fourth-order valence-corrected chi connectivity index (χ4v) is 7.33. The Balaban J connectivity index is 2.27. The number of nitrogens with zero attached hydrogens (tertiary/aromatic N) is 4. The number of aliphatic hydroxyl groups excluding tert-OH is 1. The number of guanidine groups is 1. The summed E-state index contributed by atoms with van der Waals surface area (Å²) in [5.74, 6) is -8.33. The number of carboxylic acid groups (broad SMARTS) is 1. The lowest BCUT2D eigenvalue weighted by Crippen LogP contribution is -2.60. The first-order valence-electron chi connectivity index (χ1n) is 24.2. The topological polar surface area (TPSA) is 505 Å². The van der Waals surface area contributed by atoms with Crippen molar-refractivity contribution in [2.24, 2.45) is 50.1 Å². The number of aromatic amines is 1.